The molecule has 172 valence electrons. The number of hydrogen-bond donors (Lipinski definition) is 2. The fraction of sp³-hybridized carbons (Fsp3) is 0.609. The smallest absolute Gasteiger partial charge is 0.408 e. The van der Waals surface area contributed by atoms with Gasteiger partial charge in [-0.1, -0.05) is 30.3 Å². The second-order valence-corrected chi connectivity index (χ2v) is 8.51. The molecule has 0 aromatic heterocycles. The Morgan fingerprint density at radius 2 is 1.74 bits per heavy atom. The Morgan fingerprint density at radius 1 is 1.10 bits per heavy atom. The van der Waals surface area contributed by atoms with Crippen LogP contribution in [0.15, 0.2) is 30.3 Å². The maximum Gasteiger partial charge on any atom is 0.408 e. The van der Waals surface area contributed by atoms with Crippen LogP contribution in [0.1, 0.15) is 52.6 Å². The fourth-order valence-electron chi connectivity index (χ4n) is 3.88. The number of rotatable bonds is 8. The van der Waals surface area contributed by atoms with E-state index in [4.69, 9.17) is 14.2 Å². The monoisotopic (exact) mass is 434 g/mol. The average molecular weight is 435 g/mol. The molecule has 1 fully saturated rings. The molecule has 1 aliphatic rings. The van der Waals surface area contributed by atoms with Crippen molar-refractivity contribution in [2.75, 3.05) is 19.8 Å². The zero-order valence-corrected chi connectivity index (χ0v) is 19.0. The molecule has 0 spiro atoms. The van der Waals surface area contributed by atoms with Gasteiger partial charge in [0, 0.05) is 18.4 Å². The zero-order chi connectivity index (χ0) is 23.0. The van der Waals surface area contributed by atoms with Gasteiger partial charge in [0.25, 0.3) is 0 Å². The summed E-state index contributed by atoms with van der Waals surface area (Å²) in [6, 6.07) is 8.32. The molecule has 1 heterocycles. The van der Waals surface area contributed by atoms with E-state index < -0.39 is 35.7 Å². The largest absolute Gasteiger partial charge is 0.466 e. The van der Waals surface area contributed by atoms with Crippen LogP contribution in [0.5, 0.6) is 0 Å². The van der Waals surface area contributed by atoms with Gasteiger partial charge >= 0.3 is 18.0 Å². The van der Waals surface area contributed by atoms with Crippen molar-refractivity contribution in [3.63, 3.8) is 0 Å². The van der Waals surface area contributed by atoms with E-state index in [0.29, 0.717) is 6.54 Å². The Kier molecular flexibility index (Phi) is 8.86. The Balaban J connectivity index is 2.34. The summed E-state index contributed by atoms with van der Waals surface area (Å²) in [4.78, 5) is 37.5. The highest BCUT2D eigenvalue weighted by Crippen LogP contribution is 2.37. The number of benzene rings is 1. The first-order chi connectivity index (χ1) is 14.7. The van der Waals surface area contributed by atoms with Gasteiger partial charge in [-0.2, -0.15) is 0 Å². The molecule has 4 atom stereocenters. The Hall–Kier alpha value is -2.61. The molecule has 2 N–H and O–H groups in total. The maximum atomic E-state index is 12.6. The number of carbonyl (C=O) groups is 3. The summed E-state index contributed by atoms with van der Waals surface area (Å²) in [5.41, 5.74) is 0.204. The van der Waals surface area contributed by atoms with Crippen molar-refractivity contribution < 1.29 is 28.6 Å². The highest BCUT2D eigenvalue weighted by atomic mass is 16.6. The number of carbonyl (C=O) groups excluding carboxylic acids is 3. The molecule has 2 rings (SSSR count). The number of nitrogens with one attached hydrogen (secondary N) is 2. The quantitative estimate of drug-likeness (QED) is 0.479. The molecule has 1 aromatic carbocycles. The summed E-state index contributed by atoms with van der Waals surface area (Å²) < 4.78 is 15.8. The highest BCUT2D eigenvalue weighted by molar-refractivity contribution is 5.79. The van der Waals surface area contributed by atoms with Crippen LogP contribution in [0.2, 0.25) is 0 Å². The summed E-state index contributed by atoms with van der Waals surface area (Å²) >= 11 is 0. The van der Waals surface area contributed by atoms with Gasteiger partial charge < -0.3 is 24.8 Å². The predicted molar refractivity (Wildman–Crippen MR) is 115 cm³/mol. The van der Waals surface area contributed by atoms with E-state index in [9.17, 15) is 14.4 Å². The van der Waals surface area contributed by atoms with Crippen LogP contribution in [0.3, 0.4) is 0 Å². The van der Waals surface area contributed by atoms with Crippen LogP contribution in [-0.2, 0) is 23.8 Å². The van der Waals surface area contributed by atoms with Crippen molar-refractivity contribution in [1.82, 2.24) is 10.6 Å². The molecule has 1 aliphatic heterocycles. The SMILES string of the molecule is CCOC(=O)C[C@H]1[C@@H](C(=O)OCC)NC[C@H]1C(NC(=O)OC(C)(C)C)c1ccccc1. The molecule has 31 heavy (non-hydrogen) atoms. The summed E-state index contributed by atoms with van der Waals surface area (Å²) in [6.07, 6.45) is -0.523. The van der Waals surface area contributed by atoms with Crippen molar-refractivity contribution >= 4 is 18.0 Å². The van der Waals surface area contributed by atoms with Gasteiger partial charge in [-0.15, -0.1) is 0 Å². The molecule has 1 amide bonds. The minimum absolute atomic E-state index is 0.0360. The van der Waals surface area contributed by atoms with Gasteiger partial charge in [0.05, 0.1) is 25.7 Å². The Labute approximate surface area is 184 Å². The van der Waals surface area contributed by atoms with Gasteiger partial charge in [0.2, 0.25) is 0 Å². The summed E-state index contributed by atoms with van der Waals surface area (Å²) in [5, 5.41) is 6.14. The molecular formula is C23H34N2O6. The molecule has 0 bridgehead atoms. The lowest BCUT2D eigenvalue weighted by molar-refractivity contribution is -0.148. The lowest BCUT2D eigenvalue weighted by Gasteiger charge is -2.31. The molecule has 8 heteroatoms. The summed E-state index contributed by atoms with van der Waals surface area (Å²) in [6.45, 7) is 9.77. The van der Waals surface area contributed by atoms with Crippen molar-refractivity contribution in [2.24, 2.45) is 11.8 Å². The van der Waals surface area contributed by atoms with Crippen molar-refractivity contribution in [2.45, 2.75) is 58.7 Å². The standard InChI is InChI=1S/C23H34N2O6/c1-6-29-18(26)13-16-17(14-24-20(16)21(27)30-7-2)19(15-11-9-8-10-12-15)25-22(28)31-23(3,4)5/h8-12,16-17,19-20,24H,6-7,13-14H2,1-5H3,(H,25,28)/t16-,17-,19?,20+/m1/s1. The highest BCUT2D eigenvalue weighted by Gasteiger charge is 2.46. The predicted octanol–water partition coefficient (Wildman–Crippen LogP) is 2.97. The van der Waals surface area contributed by atoms with Crippen LogP contribution >= 0.6 is 0 Å². The molecule has 0 aliphatic carbocycles. The molecule has 1 saturated heterocycles. The number of esters is 2. The van der Waals surface area contributed by atoms with E-state index in [1.54, 1.807) is 34.6 Å². The molecular weight excluding hydrogens is 400 g/mol. The summed E-state index contributed by atoms with van der Waals surface area (Å²) in [7, 11) is 0. The lowest BCUT2D eigenvalue weighted by atomic mass is 9.80. The maximum absolute atomic E-state index is 12.6. The van der Waals surface area contributed by atoms with Crippen molar-refractivity contribution in [1.29, 1.82) is 0 Å². The first-order valence-electron chi connectivity index (χ1n) is 10.8. The Bertz CT molecular complexity index is 746. The number of hydrogen-bond acceptors (Lipinski definition) is 7. The number of alkyl carbamates (subject to hydrolysis) is 1. The summed E-state index contributed by atoms with van der Waals surface area (Å²) in [5.74, 6) is -1.48. The molecule has 1 aromatic rings. The Morgan fingerprint density at radius 3 is 2.32 bits per heavy atom. The zero-order valence-electron chi connectivity index (χ0n) is 19.0. The third-order valence-corrected chi connectivity index (χ3v) is 5.06. The molecule has 8 nitrogen and oxygen atoms in total. The number of ether oxygens (including phenoxy) is 3. The van der Waals surface area contributed by atoms with Crippen LogP contribution in [0, 0.1) is 11.8 Å². The van der Waals surface area contributed by atoms with Crippen LogP contribution in [0.4, 0.5) is 4.79 Å². The third kappa shape index (κ3) is 7.24. The van der Waals surface area contributed by atoms with E-state index >= 15 is 0 Å². The van der Waals surface area contributed by atoms with Gasteiger partial charge in [-0.3, -0.25) is 9.59 Å². The first-order valence-corrected chi connectivity index (χ1v) is 10.8. The van der Waals surface area contributed by atoms with E-state index in [1.165, 1.54) is 0 Å². The number of amides is 1. The van der Waals surface area contributed by atoms with Crippen molar-refractivity contribution in [3.8, 4) is 0 Å². The van der Waals surface area contributed by atoms with E-state index in [2.05, 4.69) is 10.6 Å². The van der Waals surface area contributed by atoms with Crippen LogP contribution in [0.25, 0.3) is 0 Å². The lowest BCUT2D eigenvalue weighted by Crippen LogP contribution is -2.42. The third-order valence-electron chi connectivity index (χ3n) is 5.06. The normalized spacial score (nSPS) is 21.8. The molecule has 0 radical (unpaired) electrons. The minimum atomic E-state index is -0.666. The van der Waals surface area contributed by atoms with E-state index in [0.717, 1.165) is 5.56 Å². The van der Waals surface area contributed by atoms with Gasteiger partial charge in [-0.25, -0.2) is 4.79 Å². The van der Waals surface area contributed by atoms with Gasteiger partial charge in [0.1, 0.15) is 11.6 Å². The van der Waals surface area contributed by atoms with E-state index in [-0.39, 0.29) is 31.5 Å². The van der Waals surface area contributed by atoms with Crippen molar-refractivity contribution in [3.05, 3.63) is 35.9 Å². The van der Waals surface area contributed by atoms with Gasteiger partial charge in [0.15, 0.2) is 0 Å². The van der Waals surface area contributed by atoms with Crippen LogP contribution in [-0.4, -0.2) is 49.4 Å². The van der Waals surface area contributed by atoms with Gasteiger partial charge in [-0.05, 0) is 40.2 Å². The topological polar surface area (TPSA) is 103 Å². The van der Waals surface area contributed by atoms with Crippen LogP contribution < -0.4 is 10.6 Å². The molecule has 1 unspecified atom stereocenters. The fourth-order valence-corrected chi connectivity index (χ4v) is 3.88. The second kappa shape index (κ2) is 11.1. The second-order valence-electron chi connectivity index (χ2n) is 8.51. The van der Waals surface area contributed by atoms with E-state index in [1.807, 2.05) is 30.3 Å². The average Bonchev–Trinajstić information content (AvgIpc) is 3.09. The minimum Gasteiger partial charge on any atom is -0.466 e. The first kappa shape index (κ1) is 24.7. The molecule has 0 saturated carbocycles.